The van der Waals surface area contributed by atoms with E-state index in [0.29, 0.717) is 36.3 Å². The van der Waals surface area contributed by atoms with Crippen molar-refractivity contribution in [1.82, 2.24) is 4.90 Å². The average Bonchev–Trinajstić information content (AvgIpc) is 3.00. The van der Waals surface area contributed by atoms with Crippen LogP contribution in [0.1, 0.15) is 20.8 Å². The second-order valence-corrected chi connectivity index (χ2v) is 7.89. The van der Waals surface area contributed by atoms with Crippen LogP contribution < -0.4 is 0 Å². The van der Waals surface area contributed by atoms with E-state index in [4.69, 9.17) is 18.9 Å². The molecule has 0 saturated carbocycles. The van der Waals surface area contributed by atoms with E-state index >= 15 is 0 Å². The summed E-state index contributed by atoms with van der Waals surface area (Å²) in [5.74, 6) is -1.52. The Morgan fingerprint density at radius 1 is 1.12 bits per heavy atom. The molecule has 2 heterocycles. The predicted octanol–water partition coefficient (Wildman–Crippen LogP) is 1.35. The highest BCUT2D eigenvalue weighted by atomic mass is 32.2. The maximum Gasteiger partial charge on any atom is 0.347 e. The summed E-state index contributed by atoms with van der Waals surface area (Å²) in [6.07, 6.45) is 0. The van der Waals surface area contributed by atoms with Crippen LogP contribution in [0.25, 0.3) is 0 Å². The number of hydrogen-bond acceptors (Lipinski definition) is 10. The number of ether oxygens (including phenoxy) is 4. The molecule has 0 aliphatic carbocycles. The van der Waals surface area contributed by atoms with Gasteiger partial charge in [-0.05, 0) is 13.8 Å². The monoisotopic (exact) mass is 405 g/mol. The highest BCUT2D eigenvalue weighted by Crippen LogP contribution is 2.53. The van der Waals surface area contributed by atoms with Crippen molar-refractivity contribution in [3.63, 3.8) is 0 Å². The molecule has 2 rings (SSSR count). The second kappa shape index (κ2) is 9.63. The van der Waals surface area contributed by atoms with Crippen molar-refractivity contribution in [1.29, 1.82) is 0 Å². The summed E-state index contributed by atoms with van der Waals surface area (Å²) < 4.78 is 21.5. The summed E-state index contributed by atoms with van der Waals surface area (Å²) in [6.45, 7) is 7.17. The van der Waals surface area contributed by atoms with Crippen LogP contribution in [0.2, 0.25) is 0 Å². The number of esters is 3. The molecule has 2 saturated heterocycles. The molecule has 2 fully saturated rings. The van der Waals surface area contributed by atoms with E-state index in [1.165, 1.54) is 30.4 Å². The van der Waals surface area contributed by atoms with Crippen molar-refractivity contribution >= 4 is 41.4 Å². The number of morpholine rings is 1. The molecular weight excluding hydrogens is 382 g/mol. The number of rotatable bonds is 6. The lowest BCUT2D eigenvalue weighted by molar-refractivity contribution is -0.163. The van der Waals surface area contributed by atoms with Crippen LogP contribution in [0, 0.1) is 0 Å². The molecule has 8 nitrogen and oxygen atoms in total. The Bertz CT molecular complexity index is 569. The minimum atomic E-state index is -0.986. The summed E-state index contributed by atoms with van der Waals surface area (Å²) in [7, 11) is 0. The Hall–Kier alpha value is -1.23. The fourth-order valence-corrected chi connectivity index (χ4v) is 5.65. The largest absolute Gasteiger partial charge is 0.462 e. The third-order valence-electron chi connectivity index (χ3n) is 3.60. The quantitative estimate of drug-likeness (QED) is 0.212. The van der Waals surface area contributed by atoms with E-state index in [9.17, 15) is 14.4 Å². The third-order valence-corrected chi connectivity index (χ3v) is 6.58. The summed E-state index contributed by atoms with van der Waals surface area (Å²) in [4.78, 5) is 38.3. The van der Waals surface area contributed by atoms with Gasteiger partial charge < -0.3 is 18.9 Å². The van der Waals surface area contributed by atoms with Gasteiger partial charge in [0.25, 0.3) is 0 Å². The Morgan fingerprint density at radius 2 is 1.69 bits per heavy atom. The van der Waals surface area contributed by atoms with Gasteiger partial charge in [0.05, 0.1) is 36.4 Å². The van der Waals surface area contributed by atoms with Gasteiger partial charge in [-0.3, -0.25) is 9.69 Å². The minimum Gasteiger partial charge on any atom is -0.462 e. The van der Waals surface area contributed by atoms with Crippen molar-refractivity contribution in [2.75, 3.05) is 45.3 Å². The molecule has 26 heavy (non-hydrogen) atoms. The zero-order valence-electron chi connectivity index (χ0n) is 15.1. The van der Waals surface area contributed by atoms with Crippen molar-refractivity contribution in [3.05, 3.63) is 9.81 Å². The highest BCUT2D eigenvalue weighted by Gasteiger charge is 2.49. The van der Waals surface area contributed by atoms with Crippen LogP contribution in [0.4, 0.5) is 0 Å². The van der Waals surface area contributed by atoms with Gasteiger partial charge in [-0.15, -0.1) is 11.8 Å². The summed E-state index contributed by atoms with van der Waals surface area (Å²) >= 11 is 2.46. The first kappa shape index (κ1) is 21.1. The fourth-order valence-electron chi connectivity index (χ4n) is 2.54. The Morgan fingerprint density at radius 3 is 2.19 bits per heavy atom. The van der Waals surface area contributed by atoms with Crippen LogP contribution in [-0.4, -0.2) is 73.1 Å². The molecule has 0 N–H and O–H groups in total. The summed E-state index contributed by atoms with van der Waals surface area (Å²) in [6, 6.07) is 0. The molecule has 0 bridgehead atoms. The first-order valence-corrected chi connectivity index (χ1v) is 10.2. The topological polar surface area (TPSA) is 91.4 Å². The van der Waals surface area contributed by atoms with Crippen LogP contribution >= 0.6 is 23.5 Å². The SMILES string of the molecule is CCOC(=O)C(C(=O)OCC)=C1SCC(OC(C)=O)(N2CCOCC2)S1. The first-order chi connectivity index (χ1) is 12.4. The molecule has 0 aromatic rings. The number of carbonyl (C=O) groups excluding carboxylic acids is 3. The van der Waals surface area contributed by atoms with Gasteiger partial charge in [0.2, 0.25) is 5.06 Å². The van der Waals surface area contributed by atoms with Gasteiger partial charge in [0.1, 0.15) is 0 Å². The standard InChI is InChI=1S/C16H23NO7S2/c1-4-22-13(19)12(14(20)23-5-2)15-25-10-16(26-15,24-11(3)18)17-6-8-21-9-7-17/h4-10H2,1-3H3. The Labute approximate surface area is 160 Å². The molecule has 2 aliphatic heterocycles. The van der Waals surface area contributed by atoms with Crippen LogP contribution in [-0.2, 0) is 33.3 Å². The van der Waals surface area contributed by atoms with Crippen LogP contribution in [0.3, 0.4) is 0 Å². The van der Waals surface area contributed by atoms with E-state index in [-0.39, 0.29) is 18.8 Å². The molecule has 0 aromatic heterocycles. The molecule has 0 spiro atoms. The van der Waals surface area contributed by atoms with E-state index < -0.39 is 23.0 Å². The minimum absolute atomic E-state index is 0.142. The third kappa shape index (κ3) is 4.93. The van der Waals surface area contributed by atoms with Crippen LogP contribution in [0.15, 0.2) is 9.81 Å². The van der Waals surface area contributed by atoms with E-state index in [1.807, 2.05) is 4.90 Å². The maximum absolute atomic E-state index is 12.3. The Balaban J connectivity index is 2.35. The predicted molar refractivity (Wildman–Crippen MR) is 97.2 cm³/mol. The molecular formula is C16H23NO7S2. The second-order valence-electron chi connectivity index (χ2n) is 5.40. The normalized spacial score (nSPS) is 23.4. The number of thioether (sulfide) groups is 2. The molecule has 1 unspecified atom stereocenters. The van der Waals surface area contributed by atoms with E-state index in [2.05, 4.69) is 0 Å². The Kier molecular flexibility index (Phi) is 7.81. The van der Waals surface area contributed by atoms with Gasteiger partial charge in [-0.1, -0.05) is 11.8 Å². The number of nitrogens with zero attached hydrogens (tertiary/aromatic N) is 1. The van der Waals surface area contributed by atoms with Gasteiger partial charge >= 0.3 is 17.9 Å². The van der Waals surface area contributed by atoms with Crippen molar-refractivity contribution in [2.45, 2.75) is 25.8 Å². The number of carbonyl (C=O) groups is 3. The highest BCUT2D eigenvalue weighted by molar-refractivity contribution is 8.26. The van der Waals surface area contributed by atoms with Crippen molar-refractivity contribution in [3.8, 4) is 0 Å². The molecule has 2 aliphatic rings. The molecule has 0 radical (unpaired) electrons. The van der Waals surface area contributed by atoms with Crippen molar-refractivity contribution in [2.24, 2.45) is 0 Å². The lowest BCUT2D eigenvalue weighted by Gasteiger charge is -2.40. The van der Waals surface area contributed by atoms with E-state index in [1.54, 1.807) is 13.8 Å². The first-order valence-electron chi connectivity index (χ1n) is 8.36. The van der Waals surface area contributed by atoms with Crippen molar-refractivity contribution < 1.29 is 33.3 Å². The lowest BCUT2D eigenvalue weighted by Crippen LogP contribution is -2.54. The maximum atomic E-state index is 12.3. The molecule has 1 atom stereocenters. The smallest absolute Gasteiger partial charge is 0.347 e. The van der Waals surface area contributed by atoms with E-state index in [0.717, 1.165) is 0 Å². The van der Waals surface area contributed by atoms with Gasteiger partial charge in [-0.25, -0.2) is 9.59 Å². The lowest BCUT2D eigenvalue weighted by atomic mass is 10.3. The van der Waals surface area contributed by atoms with Gasteiger partial charge in [0, 0.05) is 20.0 Å². The molecule has 0 aromatic carbocycles. The zero-order valence-corrected chi connectivity index (χ0v) is 16.7. The summed E-state index contributed by atoms with van der Waals surface area (Å²) in [5, 5.41) is -0.986. The van der Waals surface area contributed by atoms with Crippen LogP contribution in [0.5, 0.6) is 0 Å². The van der Waals surface area contributed by atoms with Gasteiger partial charge in [0.15, 0.2) is 5.57 Å². The zero-order chi connectivity index (χ0) is 19.2. The number of hydrogen-bond donors (Lipinski definition) is 0. The average molecular weight is 405 g/mol. The molecule has 0 amide bonds. The van der Waals surface area contributed by atoms with Gasteiger partial charge in [-0.2, -0.15) is 0 Å². The molecule has 10 heteroatoms. The summed E-state index contributed by atoms with van der Waals surface area (Å²) in [5.41, 5.74) is -0.147. The fraction of sp³-hybridized carbons (Fsp3) is 0.688. The molecule has 146 valence electrons.